The van der Waals surface area contributed by atoms with Gasteiger partial charge in [0.15, 0.2) is 0 Å². The zero-order valence-electron chi connectivity index (χ0n) is 8.55. The van der Waals surface area contributed by atoms with Gasteiger partial charge in [-0.25, -0.2) is 0 Å². The van der Waals surface area contributed by atoms with E-state index >= 15 is 0 Å². The maximum atomic E-state index is 5.83. The predicted octanol–water partition coefficient (Wildman–Crippen LogP) is 2.61. The molecule has 1 aromatic rings. The van der Waals surface area contributed by atoms with Gasteiger partial charge in [0.05, 0.1) is 6.04 Å². The van der Waals surface area contributed by atoms with Crippen molar-refractivity contribution in [3.8, 4) is 0 Å². The molecule has 0 amide bonds. The molecule has 13 heavy (non-hydrogen) atoms. The molecule has 0 radical (unpaired) electrons. The van der Waals surface area contributed by atoms with Gasteiger partial charge in [-0.05, 0) is 31.5 Å². The Morgan fingerprint density at radius 2 is 2.31 bits per heavy atom. The molecule has 1 N–H and O–H groups in total. The van der Waals surface area contributed by atoms with Gasteiger partial charge >= 0.3 is 0 Å². The fourth-order valence-corrected chi connectivity index (χ4v) is 1.95. The summed E-state index contributed by atoms with van der Waals surface area (Å²) in [4.78, 5) is 0. The number of rotatable bonds is 2. The fraction of sp³-hybridized carbons (Fsp3) is 0.636. The Morgan fingerprint density at radius 3 is 2.92 bits per heavy atom. The minimum absolute atomic E-state index is 0.447. The van der Waals surface area contributed by atoms with Crippen LogP contribution in [0.3, 0.4) is 0 Å². The maximum absolute atomic E-state index is 5.83. The van der Waals surface area contributed by atoms with Gasteiger partial charge in [-0.2, -0.15) is 0 Å². The summed E-state index contributed by atoms with van der Waals surface area (Å²) in [5.74, 6) is 2.80. The maximum Gasteiger partial charge on any atom is 0.124 e. The van der Waals surface area contributed by atoms with Crippen LogP contribution in [0.25, 0.3) is 0 Å². The Labute approximate surface area is 79.3 Å². The van der Waals surface area contributed by atoms with Crippen molar-refractivity contribution in [1.82, 2.24) is 5.32 Å². The lowest BCUT2D eigenvalue weighted by molar-refractivity contribution is 0.401. The summed E-state index contributed by atoms with van der Waals surface area (Å²) in [6.07, 6.45) is 2.35. The number of hydrogen-bond donors (Lipinski definition) is 1. The van der Waals surface area contributed by atoms with Crippen molar-refractivity contribution in [3.63, 3.8) is 0 Å². The smallest absolute Gasteiger partial charge is 0.124 e. The summed E-state index contributed by atoms with van der Waals surface area (Å²) in [7, 11) is 2.00. The molecule has 1 aliphatic rings. The number of furan rings is 1. The molecule has 0 aromatic carbocycles. The van der Waals surface area contributed by atoms with E-state index in [4.69, 9.17) is 4.42 Å². The molecule has 1 unspecified atom stereocenters. The Bertz CT molecular complexity index is 301. The first-order valence-corrected chi connectivity index (χ1v) is 5.02. The molecule has 1 aromatic heterocycles. The SMILES string of the molecule is CNC1CCc2cc(C(C)C)oc21. The summed E-state index contributed by atoms with van der Waals surface area (Å²) in [6, 6.07) is 2.67. The molecule has 0 bridgehead atoms. The molecule has 1 atom stereocenters. The third-order valence-electron chi connectivity index (χ3n) is 2.80. The molecule has 72 valence electrons. The van der Waals surface area contributed by atoms with Crippen LogP contribution in [0.1, 0.15) is 49.3 Å². The van der Waals surface area contributed by atoms with Crippen molar-refractivity contribution in [2.75, 3.05) is 7.05 Å². The van der Waals surface area contributed by atoms with E-state index in [1.807, 2.05) is 7.05 Å². The van der Waals surface area contributed by atoms with Crippen molar-refractivity contribution in [3.05, 3.63) is 23.2 Å². The molecular formula is C11H17NO. The van der Waals surface area contributed by atoms with E-state index in [0.29, 0.717) is 12.0 Å². The second-order valence-electron chi connectivity index (χ2n) is 4.07. The van der Waals surface area contributed by atoms with Gasteiger partial charge in [0, 0.05) is 5.92 Å². The monoisotopic (exact) mass is 179 g/mol. The van der Waals surface area contributed by atoms with Crippen LogP contribution in [0.2, 0.25) is 0 Å². The second kappa shape index (κ2) is 3.18. The highest BCUT2D eigenvalue weighted by molar-refractivity contribution is 5.30. The highest BCUT2D eigenvalue weighted by atomic mass is 16.3. The largest absolute Gasteiger partial charge is 0.464 e. The van der Waals surface area contributed by atoms with E-state index in [-0.39, 0.29) is 0 Å². The van der Waals surface area contributed by atoms with Crippen LogP contribution in [-0.2, 0) is 6.42 Å². The van der Waals surface area contributed by atoms with Crippen LogP contribution in [0.5, 0.6) is 0 Å². The summed E-state index contributed by atoms with van der Waals surface area (Å²) < 4.78 is 5.83. The molecule has 0 aliphatic heterocycles. The lowest BCUT2D eigenvalue weighted by atomic mass is 10.1. The van der Waals surface area contributed by atoms with Crippen molar-refractivity contribution < 1.29 is 4.42 Å². The van der Waals surface area contributed by atoms with Crippen molar-refractivity contribution in [2.45, 2.75) is 38.6 Å². The van der Waals surface area contributed by atoms with Crippen molar-refractivity contribution in [2.24, 2.45) is 0 Å². The number of fused-ring (bicyclic) bond motifs is 1. The highest BCUT2D eigenvalue weighted by Crippen LogP contribution is 2.35. The second-order valence-corrected chi connectivity index (χ2v) is 4.07. The van der Waals surface area contributed by atoms with Gasteiger partial charge in [-0.15, -0.1) is 0 Å². The topological polar surface area (TPSA) is 25.2 Å². The van der Waals surface area contributed by atoms with Crippen LogP contribution < -0.4 is 5.32 Å². The molecule has 0 fully saturated rings. The van der Waals surface area contributed by atoms with E-state index in [1.165, 1.54) is 17.7 Å². The number of nitrogens with one attached hydrogen (secondary N) is 1. The van der Waals surface area contributed by atoms with Gasteiger partial charge < -0.3 is 9.73 Å². The van der Waals surface area contributed by atoms with Gasteiger partial charge in [0.25, 0.3) is 0 Å². The summed E-state index contributed by atoms with van der Waals surface area (Å²) >= 11 is 0. The zero-order valence-corrected chi connectivity index (χ0v) is 8.55. The molecule has 1 aliphatic carbocycles. The first-order chi connectivity index (χ1) is 6.22. The van der Waals surface area contributed by atoms with Gasteiger partial charge in [0.1, 0.15) is 11.5 Å². The van der Waals surface area contributed by atoms with Gasteiger partial charge in [-0.1, -0.05) is 13.8 Å². The van der Waals surface area contributed by atoms with E-state index in [0.717, 1.165) is 12.2 Å². The minimum Gasteiger partial charge on any atom is -0.464 e. The quantitative estimate of drug-likeness (QED) is 0.755. The lowest BCUT2D eigenvalue weighted by Crippen LogP contribution is -2.12. The van der Waals surface area contributed by atoms with Gasteiger partial charge in [-0.3, -0.25) is 0 Å². The van der Waals surface area contributed by atoms with Crippen LogP contribution in [0.15, 0.2) is 10.5 Å². The first kappa shape index (κ1) is 8.82. The number of hydrogen-bond acceptors (Lipinski definition) is 2. The fourth-order valence-electron chi connectivity index (χ4n) is 1.95. The standard InChI is InChI=1S/C11H17NO/c1-7(2)10-6-8-4-5-9(12-3)11(8)13-10/h6-7,9,12H,4-5H2,1-3H3. The van der Waals surface area contributed by atoms with Crippen LogP contribution in [0, 0.1) is 0 Å². The molecular weight excluding hydrogens is 162 g/mol. The van der Waals surface area contributed by atoms with E-state index in [2.05, 4.69) is 25.2 Å². The third kappa shape index (κ3) is 1.39. The summed E-state index contributed by atoms with van der Waals surface area (Å²) in [5.41, 5.74) is 1.41. The number of aryl methyl sites for hydroxylation is 1. The van der Waals surface area contributed by atoms with E-state index in [1.54, 1.807) is 0 Å². The summed E-state index contributed by atoms with van der Waals surface area (Å²) in [5, 5.41) is 3.28. The molecule has 0 spiro atoms. The van der Waals surface area contributed by atoms with Crippen LogP contribution in [0.4, 0.5) is 0 Å². The normalized spacial score (nSPS) is 21.1. The molecule has 2 nitrogen and oxygen atoms in total. The van der Waals surface area contributed by atoms with Gasteiger partial charge in [0.2, 0.25) is 0 Å². The average Bonchev–Trinajstić information content (AvgIpc) is 2.60. The van der Waals surface area contributed by atoms with Crippen molar-refractivity contribution >= 4 is 0 Å². The molecule has 2 rings (SSSR count). The van der Waals surface area contributed by atoms with E-state index < -0.39 is 0 Å². The third-order valence-corrected chi connectivity index (χ3v) is 2.80. The first-order valence-electron chi connectivity index (χ1n) is 5.02. The molecule has 2 heteroatoms. The zero-order chi connectivity index (χ0) is 9.42. The Balaban J connectivity index is 2.31. The Kier molecular flexibility index (Phi) is 2.16. The summed E-state index contributed by atoms with van der Waals surface area (Å²) in [6.45, 7) is 4.34. The minimum atomic E-state index is 0.447. The van der Waals surface area contributed by atoms with E-state index in [9.17, 15) is 0 Å². The average molecular weight is 179 g/mol. The molecule has 1 heterocycles. The highest BCUT2D eigenvalue weighted by Gasteiger charge is 2.26. The lowest BCUT2D eigenvalue weighted by Gasteiger charge is -2.07. The Hall–Kier alpha value is -0.760. The van der Waals surface area contributed by atoms with Crippen LogP contribution in [-0.4, -0.2) is 7.05 Å². The predicted molar refractivity (Wildman–Crippen MR) is 52.9 cm³/mol. The molecule has 0 saturated carbocycles. The van der Waals surface area contributed by atoms with Crippen molar-refractivity contribution in [1.29, 1.82) is 0 Å². The molecule has 0 saturated heterocycles. The Morgan fingerprint density at radius 1 is 1.54 bits per heavy atom. The van der Waals surface area contributed by atoms with Crippen LogP contribution >= 0.6 is 0 Å².